The summed E-state index contributed by atoms with van der Waals surface area (Å²) < 4.78 is 35.4. The molecule has 146 valence electrons. The largest absolute Gasteiger partial charge is 0.346 e. The molecule has 2 fully saturated rings. The highest BCUT2D eigenvalue weighted by Gasteiger charge is 2.61. The second-order valence-electron chi connectivity index (χ2n) is 7.57. The van der Waals surface area contributed by atoms with E-state index in [-0.39, 0.29) is 30.9 Å². The van der Waals surface area contributed by atoms with Gasteiger partial charge in [-0.1, -0.05) is 0 Å². The third-order valence-electron chi connectivity index (χ3n) is 4.77. The standard InChI is InChI=1S/C17H26FN2O5P/c1-10(2)20(11(3)4)26-23-9-13-15(25-26)17(5,18)16(24-13)19-7-6-12(21)8-14(19)22/h6-7,10-11,13,15-16H,8-9H2,1-5H3/t13-,15-,16-,17-,26?/m1/s1. The molecule has 7 nitrogen and oxygen atoms in total. The zero-order chi connectivity index (χ0) is 19.2. The number of carbonyl (C=O) groups excluding carboxylic acids is 2. The minimum atomic E-state index is -1.92. The van der Waals surface area contributed by atoms with Crippen LogP contribution in [0.3, 0.4) is 0 Å². The fourth-order valence-electron chi connectivity index (χ4n) is 3.62. The lowest BCUT2D eigenvalue weighted by Gasteiger charge is -2.42. The van der Waals surface area contributed by atoms with E-state index in [0.29, 0.717) is 0 Å². The van der Waals surface area contributed by atoms with Gasteiger partial charge in [-0.3, -0.25) is 14.5 Å². The highest BCUT2D eigenvalue weighted by Crippen LogP contribution is 2.55. The number of amides is 1. The molecule has 2 saturated heterocycles. The first-order chi connectivity index (χ1) is 12.1. The summed E-state index contributed by atoms with van der Waals surface area (Å²) >= 11 is 0. The molecule has 0 N–H and O–H groups in total. The van der Waals surface area contributed by atoms with Crippen LogP contribution in [0, 0.1) is 0 Å². The van der Waals surface area contributed by atoms with Crippen LogP contribution in [-0.2, 0) is 23.4 Å². The maximum absolute atomic E-state index is 15.7. The Labute approximate surface area is 154 Å². The molecule has 0 spiro atoms. The molecule has 26 heavy (non-hydrogen) atoms. The number of ketones is 1. The van der Waals surface area contributed by atoms with Gasteiger partial charge in [0.2, 0.25) is 5.91 Å². The van der Waals surface area contributed by atoms with Gasteiger partial charge in [0.25, 0.3) is 8.53 Å². The second kappa shape index (κ2) is 7.24. The summed E-state index contributed by atoms with van der Waals surface area (Å²) in [5.74, 6) is -0.769. The summed E-state index contributed by atoms with van der Waals surface area (Å²) in [5, 5.41) is 0. The van der Waals surface area contributed by atoms with E-state index in [1.54, 1.807) is 0 Å². The quantitative estimate of drug-likeness (QED) is 0.545. The summed E-state index contributed by atoms with van der Waals surface area (Å²) in [6, 6.07) is 0.360. The smallest absolute Gasteiger partial charge is 0.259 e. The minimum Gasteiger partial charge on any atom is -0.346 e. The number of alkyl halides is 1. The summed E-state index contributed by atoms with van der Waals surface area (Å²) in [4.78, 5) is 24.7. The number of halogens is 1. The van der Waals surface area contributed by atoms with Crippen molar-refractivity contribution in [2.24, 2.45) is 0 Å². The van der Waals surface area contributed by atoms with E-state index >= 15 is 4.39 Å². The van der Waals surface area contributed by atoms with E-state index in [1.807, 2.05) is 27.7 Å². The van der Waals surface area contributed by atoms with E-state index in [1.165, 1.54) is 19.2 Å². The number of carbonyl (C=O) groups is 2. The molecular formula is C17H26FN2O5P. The van der Waals surface area contributed by atoms with Gasteiger partial charge in [-0.25, -0.2) is 9.06 Å². The van der Waals surface area contributed by atoms with Crippen LogP contribution < -0.4 is 0 Å². The van der Waals surface area contributed by atoms with Gasteiger partial charge in [-0.05, 0) is 40.7 Å². The monoisotopic (exact) mass is 388 g/mol. The number of hydrogen-bond donors (Lipinski definition) is 0. The Hall–Kier alpha value is -0.920. The maximum Gasteiger partial charge on any atom is 0.259 e. The van der Waals surface area contributed by atoms with Crippen LogP contribution in [0.15, 0.2) is 12.3 Å². The van der Waals surface area contributed by atoms with Crippen LogP contribution in [0.1, 0.15) is 41.0 Å². The zero-order valence-electron chi connectivity index (χ0n) is 15.7. The molecule has 0 aromatic rings. The molecule has 0 bridgehead atoms. The fourth-order valence-corrected chi connectivity index (χ4v) is 5.49. The Balaban J connectivity index is 1.80. The highest BCUT2D eigenvalue weighted by molar-refractivity contribution is 7.44. The van der Waals surface area contributed by atoms with Crippen molar-refractivity contribution >= 4 is 20.2 Å². The molecule has 0 aliphatic carbocycles. The molecule has 5 atom stereocenters. The van der Waals surface area contributed by atoms with Gasteiger partial charge in [0, 0.05) is 18.3 Å². The number of rotatable bonds is 4. The predicted molar refractivity (Wildman–Crippen MR) is 93.6 cm³/mol. The Kier molecular flexibility index (Phi) is 5.53. The third-order valence-corrected chi connectivity index (χ3v) is 6.85. The highest BCUT2D eigenvalue weighted by atomic mass is 31.2. The lowest BCUT2D eigenvalue weighted by Crippen LogP contribution is -2.52. The molecule has 9 heteroatoms. The lowest BCUT2D eigenvalue weighted by molar-refractivity contribution is -0.150. The van der Waals surface area contributed by atoms with E-state index in [4.69, 9.17) is 13.8 Å². The van der Waals surface area contributed by atoms with Gasteiger partial charge in [-0.2, -0.15) is 0 Å². The van der Waals surface area contributed by atoms with E-state index in [2.05, 4.69) is 4.67 Å². The molecule has 0 aromatic heterocycles. The van der Waals surface area contributed by atoms with Crippen molar-refractivity contribution in [3.05, 3.63) is 12.3 Å². The molecule has 0 saturated carbocycles. The summed E-state index contributed by atoms with van der Waals surface area (Å²) in [7, 11) is -1.42. The minimum absolute atomic E-state index is 0.180. The van der Waals surface area contributed by atoms with Gasteiger partial charge in [0.05, 0.1) is 13.0 Å². The molecule has 3 aliphatic rings. The summed E-state index contributed by atoms with van der Waals surface area (Å²) in [5.41, 5.74) is -1.92. The van der Waals surface area contributed by atoms with Gasteiger partial charge in [0.1, 0.15) is 12.2 Å². The number of allylic oxidation sites excluding steroid dienone is 1. The number of hydrogen-bond acceptors (Lipinski definition) is 6. The van der Waals surface area contributed by atoms with Gasteiger partial charge >= 0.3 is 0 Å². The van der Waals surface area contributed by atoms with Gasteiger partial charge < -0.3 is 13.8 Å². The van der Waals surface area contributed by atoms with Crippen molar-refractivity contribution in [2.45, 2.75) is 77.2 Å². The first-order valence-corrected chi connectivity index (χ1v) is 10.0. The fraction of sp³-hybridized carbons (Fsp3) is 0.765. The normalized spacial score (nSPS) is 38.0. The third kappa shape index (κ3) is 3.45. The Morgan fingerprint density at radius 2 is 1.96 bits per heavy atom. The van der Waals surface area contributed by atoms with Crippen LogP contribution in [-0.4, -0.2) is 64.1 Å². The second-order valence-corrected chi connectivity index (χ2v) is 8.97. The zero-order valence-corrected chi connectivity index (χ0v) is 16.6. The van der Waals surface area contributed by atoms with Gasteiger partial charge in [-0.15, -0.1) is 0 Å². The van der Waals surface area contributed by atoms with Crippen molar-refractivity contribution in [2.75, 3.05) is 6.61 Å². The average molecular weight is 388 g/mol. The van der Waals surface area contributed by atoms with Crippen LogP contribution >= 0.6 is 8.53 Å². The first-order valence-electron chi connectivity index (χ1n) is 8.87. The van der Waals surface area contributed by atoms with E-state index < -0.39 is 38.5 Å². The molecule has 3 aliphatic heterocycles. The summed E-state index contributed by atoms with van der Waals surface area (Å²) in [6.45, 7) is 9.74. The molecule has 0 radical (unpaired) electrons. The van der Waals surface area contributed by atoms with Crippen molar-refractivity contribution in [3.63, 3.8) is 0 Å². The van der Waals surface area contributed by atoms with Crippen LogP contribution in [0.4, 0.5) is 4.39 Å². The molecule has 0 aromatic carbocycles. The maximum atomic E-state index is 15.7. The van der Waals surface area contributed by atoms with Crippen molar-refractivity contribution in [1.82, 2.24) is 9.57 Å². The van der Waals surface area contributed by atoms with Crippen LogP contribution in [0.25, 0.3) is 0 Å². The van der Waals surface area contributed by atoms with Gasteiger partial charge in [0.15, 0.2) is 17.7 Å². The Bertz CT molecular complexity index is 604. The molecule has 1 amide bonds. The van der Waals surface area contributed by atoms with Crippen molar-refractivity contribution in [1.29, 1.82) is 0 Å². The van der Waals surface area contributed by atoms with Crippen molar-refractivity contribution in [3.8, 4) is 0 Å². The molecule has 3 heterocycles. The van der Waals surface area contributed by atoms with Crippen LogP contribution in [0.5, 0.6) is 0 Å². The topological polar surface area (TPSA) is 68.3 Å². The SMILES string of the molecule is CC(C)N(C(C)C)P1OC[C@H]2O[C@@H](N3C=CC(=O)CC3=O)[C@](C)(F)[C@@H]2O1. The Morgan fingerprint density at radius 3 is 2.54 bits per heavy atom. The molecule has 1 unspecified atom stereocenters. The number of fused-ring (bicyclic) bond motifs is 1. The average Bonchev–Trinajstić information content (AvgIpc) is 2.78. The molecular weight excluding hydrogens is 362 g/mol. The first kappa shape index (κ1) is 19.8. The van der Waals surface area contributed by atoms with E-state index in [9.17, 15) is 9.59 Å². The number of ether oxygens (including phenoxy) is 1. The van der Waals surface area contributed by atoms with Crippen LogP contribution in [0.2, 0.25) is 0 Å². The van der Waals surface area contributed by atoms with Crippen molar-refractivity contribution < 1.29 is 27.8 Å². The predicted octanol–water partition coefficient (Wildman–Crippen LogP) is 2.52. The summed E-state index contributed by atoms with van der Waals surface area (Å²) in [6.07, 6.45) is -0.293. The number of nitrogens with zero attached hydrogens (tertiary/aromatic N) is 2. The lowest BCUT2D eigenvalue weighted by atomic mass is 9.97. The molecule has 3 rings (SSSR count). The Morgan fingerprint density at radius 1 is 1.31 bits per heavy atom. The van der Waals surface area contributed by atoms with E-state index in [0.717, 1.165) is 4.90 Å².